The van der Waals surface area contributed by atoms with Crippen LogP contribution in [0.25, 0.3) is 0 Å². The van der Waals surface area contributed by atoms with E-state index >= 15 is 0 Å². The summed E-state index contributed by atoms with van der Waals surface area (Å²) in [6, 6.07) is 18.9. The topological polar surface area (TPSA) is 87.7 Å². The number of nitrogens with zero attached hydrogens (tertiary/aromatic N) is 1. The van der Waals surface area contributed by atoms with E-state index in [9.17, 15) is 13.2 Å². The van der Waals surface area contributed by atoms with Crippen LogP contribution in [0, 0.1) is 6.92 Å². The minimum atomic E-state index is -3.87. The van der Waals surface area contributed by atoms with E-state index in [1.165, 1.54) is 43.6 Å². The molecule has 35 heavy (non-hydrogen) atoms. The van der Waals surface area contributed by atoms with Crippen molar-refractivity contribution in [2.24, 2.45) is 0 Å². The molecule has 0 spiro atoms. The molecule has 2 N–H and O–H groups in total. The first-order valence-electron chi connectivity index (χ1n) is 11.7. The number of aryl methyl sites for hydroxylation is 1. The van der Waals surface area contributed by atoms with Gasteiger partial charge in [-0.25, -0.2) is 8.42 Å². The Kier molecular flexibility index (Phi) is 7.73. The van der Waals surface area contributed by atoms with Gasteiger partial charge in [-0.3, -0.25) is 9.52 Å². The lowest BCUT2D eigenvalue weighted by Crippen LogP contribution is -2.21. The van der Waals surface area contributed by atoms with E-state index in [1.54, 1.807) is 44.4 Å². The van der Waals surface area contributed by atoms with Gasteiger partial charge >= 0.3 is 0 Å². The lowest BCUT2D eigenvalue weighted by Gasteiger charge is -2.14. The van der Waals surface area contributed by atoms with Gasteiger partial charge in [-0.15, -0.1) is 0 Å². The van der Waals surface area contributed by atoms with Gasteiger partial charge in [0.15, 0.2) is 0 Å². The van der Waals surface area contributed by atoms with Crippen LogP contribution in [0.5, 0.6) is 5.75 Å². The number of sulfonamides is 1. The molecule has 1 amide bonds. The molecule has 7 nitrogen and oxygen atoms in total. The summed E-state index contributed by atoms with van der Waals surface area (Å²) < 4.78 is 33.5. The number of carbonyl (C=O) groups excluding carboxylic acids is 1. The average Bonchev–Trinajstić information content (AvgIpc) is 3.38. The van der Waals surface area contributed by atoms with Crippen molar-refractivity contribution in [1.29, 1.82) is 0 Å². The number of carbonyl (C=O) groups is 1. The summed E-state index contributed by atoms with van der Waals surface area (Å²) in [4.78, 5) is 15.5. The van der Waals surface area contributed by atoms with Crippen LogP contribution in [-0.2, 0) is 16.4 Å². The number of anilines is 2. The van der Waals surface area contributed by atoms with Gasteiger partial charge in [-0.2, -0.15) is 0 Å². The third kappa shape index (κ3) is 6.41. The van der Waals surface area contributed by atoms with E-state index in [0.717, 1.165) is 13.0 Å². The molecule has 1 aliphatic rings. The molecule has 4 rings (SSSR count). The molecule has 1 heterocycles. The first-order chi connectivity index (χ1) is 16.8. The predicted octanol–water partition coefficient (Wildman–Crippen LogP) is 4.70. The third-order valence-corrected chi connectivity index (χ3v) is 7.61. The lowest BCUT2D eigenvalue weighted by molar-refractivity contribution is 0.102. The third-order valence-electron chi connectivity index (χ3n) is 6.23. The fourth-order valence-electron chi connectivity index (χ4n) is 4.13. The predicted molar refractivity (Wildman–Crippen MR) is 139 cm³/mol. The molecule has 0 radical (unpaired) electrons. The highest BCUT2D eigenvalue weighted by Gasteiger charge is 2.19. The van der Waals surface area contributed by atoms with Crippen molar-refractivity contribution in [3.05, 3.63) is 83.4 Å². The van der Waals surface area contributed by atoms with Gasteiger partial charge in [0.1, 0.15) is 5.75 Å². The molecule has 0 saturated carbocycles. The Morgan fingerprint density at radius 3 is 2.26 bits per heavy atom. The second kappa shape index (κ2) is 10.9. The molecular weight excluding hydrogens is 462 g/mol. The maximum atomic E-state index is 13.0. The quantitative estimate of drug-likeness (QED) is 0.451. The average molecular weight is 494 g/mol. The lowest BCUT2D eigenvalue weighted by atomic mass is 10.1. The van der Waals surface area contributed by atoms with Crippen molar-refractivity contribution in [2.75, 3.05) is 36.8 Å². The Bertz CT molecular complexity index is 1270. The first-order valence-corrected chi connectivity index (χ1v) is 13.2. The molecule has 184 valence electrons. The molecule has 0 unspecified atom stereocenters. The molecule has 0 atom stereocenters. The van der Waals surface area contributed by atoms with Crippen molar-refractivity contribution in [3.8, 4) is 5.75 Å². The normalized spacial score (nSPS) is 14.0. The van der Waals surface area contributed by atoms with Gasteiger partial charge in [0, 0.05) is 23.5 Å². The largest absolute Gasteiger partial charge is 0.497 e. The highest BCUT2D eigenvalue weighted by atomic mass is 32.2. The maximum absolute atomic E-state index is 13.0. The fraction of sp³-hybridized carbons (Fsp3) is 0.296. The number of nitrogens with one attached hydrogen (secondary N) is 2. The molecular formula is C27H31N3O4S. The van der Waals surface area contributed by atoms with E-state index < -0.39 is 10.0 Å². The molecule has 0 aromatic heterocycles. The summed E-state index contributed by atoms with van der Waals surface area (Å²) in [5.41, 5.74) is 3.30. The summed E-state index contributed by atoms with van der Waals surface area (Å²) in [5, 5.41) is 2.89. The van der Waals surface area contributed by atoms with Crippen LogP contribution in [0.1, 0.15) is 34.3 Å². The van der Waals surface area contributed by atoms with Gasteiger partial charge in [0.25, 0.3) is 15.9 Å². The Hall–Kier alpha value is -3.36. The summed E-state index contributed by atoms with van der Waals surface area (Å²) in [7, 11) is -2.33. The molecule has 1 fully saturated rings. The van der Waals surface area contributed by atoms with Crippen LogP contribution < -0.4 is 14.8 Å². The Labute approximate surface area is 207 Å². The highest BCUT2D eigenvalue weighted by Crippen LogP contribution is 2.22. The van der Waals surface area contributed by atoms with Gasteiger partial charge in [0.2, 0.25) is 0 Å². The van der Waals surface area contributed by atoms with Crippen molar-refractivity contribution < 1.29 is 17.9 Å². The highest BCUT2D eigenvalue weighted by molar-refractivity contribution is 7.92. The number of methoxy groups -OCH3 is 1. The van der Waals surface area contributed by atoms with Gasteiger partial charge in [-0.05, 0) is 98.9 Å². The van der Waals surface area contributed by atoms with Crippen LogP contribution in [0.3, 0.4) is 0 Å². The van der Waals surface area contributed by atoms with Crippen LogP contribution in [0.2, 0.25) is 0 Å². The van der Waals surface area contributed by atoms with Crippen LogP contribution in [-0.4, -0.2) is 46.0 Å². The zero-order valence-electron chi connectivity index (χ0n) is 20.1. The first kappa shape index (κ1) is 24.8. The number of likely N-dealkylation sites (tertiary alicyclic amines) is 1. The zero-order valence-corrected chi connectivity index (χ0v) is 20.9. The number of hydrogen-bond acceptors (Lipinski definition) is 5. The summed E-state index contributed by atoms with van der Waals surface area (Å²) >= 11 is 0. The van der Waals surface area contributed by atoms with E-state index in [-0.39, 0.29) is 10.8 Å². The van der Waals surface area contributed by atoms with E-state index in [0.29, 0.717) is 28.3 Å². The number of ether oxygens (including phenoxy) is 1. The van der Waals surface area contributed by atoms with Gasteiger partial charge in [0.05, 0.1) is 12.0 Å². The number of rotatable bonds is 9. The summed E-state index contributed by atoms with van der Waals surface area (Å²) in [5.74, 6) is 0.274. The Morgan fingerprint density at radius 2 is 1.60 bits per heavy atom. The molecule has 1 aliphatic heterocycles. The molecule has 0 aliphatic carbocycles. The molecule has 8 heteroatoms. The minimum absolute atomic E-state index is 0.0151. The zero-order chi connectivity index (χ0) is 24.8. The van der Waals surface area contributed by atoms with E-state index in [1.807, 2.05) is 24.3 Å². The number of amides is 1. The molecule has 0 bridgehead atoms. The van der Waals surface area contributed by atoms with E-state index in [4.69, 9.17) is 4.74 Å². The fourth-order valence-corrected chi connectivity index (χ4v) is 5.22. The van der Waals surface area contributed by atoms with E-state index in [2.05, 4.69) is 14.9 Å². The Balaban J connectivity index is 1.43. The summed E-state index contributed by atoms with van der Waals surface area (Å²) in [6.07, 6.45) is 3.54. The number of benzene rings is 3. The van der Waals surface area contributed by atoms with Crippen LogP contribution >= 0.6 is 0 Å². The van der Waals surface area contributed by atoms with Crippen LogP contribution in [0.15, 0.2) is 71.6 Å². The maximum Gasteiger partial charge on any atom is 0.261 e. The summed E-state index contributed by atoms with van der Waals surface area (Å²) in [6.45, 7) is 5.19. The van der Waals surface area contributed by atoms with Crippen molar-refractivity contribution >= 4 is 27.3 Å². The minimum Gasteiger partial charge on any atom is -0.497 e. The standard InChI is InChI=1S/C27H31N3O4S/c1-20-5-14-25(35(32,33)29-23-10-12-24(34-2)13-11-23)19-26(20)27(31)28-22-8-6-21(7-9-22)15-18-30-16-3-4-17-30/h5-14,19,29H,3-4,15-18H2,1-2H3,(H,28,31). The van der Waals surface area contributed by atoms with Gasteiger partial charge in [-0.1, -0.05) is 18.2 Å². The van der Waals surface area contributed by atoms with Crippen molar-refractivity contribution in [3.63, 3.8) is 0 Å². The molecule has 3 aromatic carbocycles. The monoisotopic (exact) mass is 493 g/mol. The second-order valence-electron chi connectivity index (χ2n) is 8.76. The second-order valence-corrected chi connectivity index (χ2v) is 10.4. The molecule has 1 saturated heterocycles. The van der Waals surface area contributed by atoms with Crippen LogP contribution in [0.4, 0.5) is 11.4 Å². The molecule has 3 aromatic rings. The van der Waals surface area contributed by atoms with Crippen molar-refractivity contribution in [2.45, 2.75) is 31.1 Å². The van der Waals surface area contributed by atoms with Crippen molar-refractivity contribution in [1.82, 2.24) is 4.90 Å². The number of hydrogen-bond donors (Lipinski definition) is 2. The van der Waals surface area contributed by atoms with Gasteiger partial charge < -0.3 is 15.0 Å². The SMILES string of the molecule is COc1ccc(NS(=O)(=O)c2ccc(C)c(C(=O)Nc3ccc(CCN4CCCC4)cc3)c2)cc1. The Morgan fingerprint density at radius 1 is 0.943 bits per heavy atom. The smallest absolute Gasteiger partial charge is 0.261 e.